The predicted molar refractivity (Wildman–Crippen MR) is 86.2 cm³/mol. The summed E-state index contributed by atoms with van der Waals surface area (Å²) in [5, 5.41) is 0.359. The molecule has 1 fully saturated rings. The van der Waals surface area contributed by atoms with E-state index in [4.69, 9.17) is 10.5 Å². The van der Waals surface area contributed by atoms with E-state index in [1.54, 1.807) is 18.2 Å². The van der Waals surface area contributed by atoms with E-state index in [1.165, 1.54) is 20.0 Å². The van der Waals surface area contributed by atoms with Gasteiger partial charge in [0, 0.05) is 18.3 Å². The smallest absolute Gasteiger partial charge is 0.244 e. The summed E-state index contributed by atoms with van der Waals surface area (Å²) in [7, 11) is -2.11. The Hall–Kier alpha value is -0.760. The second-order valence-electron chi connectivity index (χ2n) is 5.03. The molecule has 1 aliphatic heterocycles. The normalized spacial score (nSPS) is 19.4. The molecule has 0 saturated carbocycles. The van der Waals surface area contributed by atoms with Crippen LogP contribution in [-0.2, 0) is 16.6 Å². The number of hydrogen-bond donors (Lipinski definition) is 2. The Bertz CT molecular complexity index is 570. The SMILES string of the molecule is COc1ccc(CN)cc1S(=O)(=O)NCC1CCCCS1. The Balaban J connectivity index is 2.14. The quantitative estimate of drug-likeness (QED) is 0.830. The highest BCUT2D eigenvalue weighted by atomic mass is 32.2. The fraction of sp³-hybridized carbons (Fsp3) is 0.571. The summed E-state index contributed by atoms with van der Waals surface area (Å²) >= 11 is 1.84. The molecule has 1 atom stereocenters. The number of sulfonamides is 1. The van der Waals surface area contributed by atoms with Crippen LogP contribution in [0.4, 0.5) is 0 Å². The Morgan fingerprint density at radius 2 is 2.24 bits per heavy atom. The third kappa shape index (κ3) is 4.35. The summed E-state index contributed by atoms with van der Waals surface area (Å²) in [6.45, 7) is 0.758. The Labute approximate surface area is 130 Å². The Kier molecular flexibility index (Phi) is 5.92. The van der Waals surface area contributed by atoms with Crippen LogP contribution in [0.15, 0.2) is 23.1 Å². The van der Waals surface area contributed by atoms with Crippen molar-refractivity contribution in [1.82, 2.24) is 4.72 Å². The number of hydrogen-bond acceptors (Lipinski definition) is 5. The molecule has 3 N–H and O–H groups in total. The van der Waals surface area contributed by atoms with Crippen molar-refractivity contribution in [1.29, 1.82) is 0 Å². The van der Waals surface area contributed by atoms with Gasteiger partial charge in [0.2, 0.25) is 10.0 Å². The van der Waals surface area contributed by atoms with Gasteiger partial charge in [0.15, 0.2) is 0 Å². The van der Waals surface area contributed by atoms with Crippen molar-refractivity contribution in [2.45, 2.75) is 36.0 Å². The summed E-state index contributed by atoms with van der Waals surface area (Å²) in [5.74, 6) is 1.45. The van der Waals surface area contributed by atoms with Gasteiger partial charge in [0.05, 0.1) is 7.11 Å². The second-order valence-corrected chi connectivity index (χ2v) is 8.17. The summed E-state index contributed by atoms with van der Waals surface area (Å²) in [6.07, 6.45) is 3.46. The monoisotopic (exact) mass is 330 g/mol. The lowest BCUT2D eigenvalue weighted by molar-refractivity contribution is 0.402. The van der Waals surface area contributed by atoms with Gasteiger partial charge in [0.25, 0.3) is 0 Å². The lowest BCUT2D eigenvalue weighted by Crippen LogP contribution is -2.32. The first-order valence-electron chi connectivity index (χ1n) is 7.05. The molecule has 1 aromatic carbocycles. The van der Waals surface area contributed by atoms with Crippen molar-refractivity contribution >= 4 is 21.8 Å². The lowest BCUT2D eigenvalue weighted by atomic mass is 10.2. The van der Waals surface area contributed by atoms with Crippen LogP contribution in [0, 0.1) is 0 Å². The predicted octanol–water partition coefficient (Wildman–Crippen LogP) is 1.72. The van der Waals surface area contributed by atoms with E-state index >= 15 is 0 Å². The first kappa shape index (κ1) is 16.6. The highest BCUT2D eigenvalue weighted by Gasteiger charge is 2.22. The number of thioether (sulfide) groups is 1. The van der Waals surface area contributed by atoms with Crippen LogP contribution >= 0.6 is 11.8 Å². The summed E-state index contributed by atoms with van der Waals surface area (Å²) < 4.78 is 32.8. The molecule has 0 amide bonds. The standard InChI is InChI=1S/C14H22N2O3S2/c1-19-13-6-5-11(9-15)8-14(13)21(17,18)16-10-12-4-2-3-7-20-12/h5-6,8,12,16H,2-4,7,9-10,15H2,1H3. The molecule has 0 aromatic heterocycles. The van der Waals surface area contributed by atoms with Crippen molar-refractivity contribution in [3.63, 3.8) is 0 Å². The minimum absolute atomic E-state index is 0.161. The van der Waals surface area contributed by atoms with Gasteiger partial charge in [-0.25, -0.2) is 13.1 Å². The topological polar surface area (TPSA) is 81.4 Å². The number of benzene rings is 1. The van der Waals surface area contributed by atoms with E-state index in [2.05, 4.69) is 4.72 Å². The molecule has 5 nitrogen and oxygen atoms in total. The number of nitrogens with one attached hydrogen (secondary N) is 1. The molecule has 1 aliphatic rings. The molecule has 1 unspecified atom stereocenters. The van der Waals surface area contributed by atoms with Gasteiger partial charge in [-0.2, -0.15) is 11.8 Å². The Morgan fingerprint density at radius 3 is 2.86 bits per heavy atom. The van der Waals surface area contributed by atoms with Crippen LogP contribution in [-0.4, -0.2) is 33.1 Å². The van der Waals surface area contributed by atoms with Crippen LogP contribution in [0.3, 0.4) is 0 Å². The van der Waals surface area contributed by atoms with E-state index in [0.717, 1.165) is 17.7 Å². The molecule has 0 spiro atoms. The molecule has 1 aromatic rings. The van der Waals surface area contributed by atoms with E-state index in [-0.39, 0.29) is 4.90 Å². The number of ether oxygens (including phenoxy) is 1. The van der Waals surface area contributed by atoms with Gasteiger partial charge in [-0.05, 0) is 36.3 Å². The molecule has 2 rings (SSSR count). The summed E-state index contributed by atoms with van der Waals surface area (Å²) in [6, 6.07) is 5.00. The summed E-state index contributed by atoms with van der Waals surface area (Å²) in [5.41, 5.74) is 6.35. The van der Waals surface area contributed by atoms with Crippen molar-refractivity contribution in [2.75, 3.05) is 19.4 Å². The fourth-order valence-electron chi connectivity index (χ4n) is 2.31. The minimum Gasteiger partial charge on any atom is -0.495 e. The van der Waals surface area contributed by atoms with Gasteiger partial charge < -0.3 is 10.5 Å². The maximum Gasteiger partial charge on any atom is 0.244 e. The van der Waals surface area contributed by atoms with Crippen LogP contribution in [0.1, 0.15) is 24.8 Å². The van der Waals surface area contributed by atoms with Gasteiger partial charge in [-0.1, -0.05) is 12.5 Å². The zero-order chi connectivity index (χ0) is 15.3. The molecule has 21 heavy (non-hydrogen) atoms. The molecule has 0 bridgehead atoms. The molecule has 1 heterocycles. The maximum absolute atomic E-state index is 12.5. The highest BCUT2D eigenvalue weighted by Crippen LogP contribution is 2.27. The number of nitrogens with two attached hydrogens (primary N) is 1. The first-order chi connectivity index (χ1) is 10.1. The van der Waals surface area contributed by atoms with E-state index in [1.807, 2.05) is 11.8 Å². The van der Waals surface area contributed by atoms with Gasteiger partial charge in [-0.3, -0.25) is 0 Å². The highest BCUT2D eigenvalue weighted by molar-refractivity contribution is 8.00. The van der Waals surface area contributed by atoms with Crippen molar-refractivity contribution in [2.24, 2.45) is 5.73 Å². The van der Waals surface area contributed by atoms with E-state index in [9.17, 15) is 8.42 Å². The van der Waals surface area contributed by atoms with Gasteiger partial charge in [-0.15, -0.1) is 0 Å². The molecule has 118 valence electrons. The van der Waals surface area contributed by atoms with Crippen molar-refractivity contribution in [3.05, 3.63) is 23.8 Å². The third-order valence-electron chi connectivity index (χ3n) is 3.53. The average Bonchev–Trinajstić information content (AvgIpc) is 2.53. The molecule has 7 heteroatoms. The lowest BCUT2D eigenvalue weighted by Gasteiger charge is -2.21. The van der Waals surface area contributed by atoms with Crippen LogP contribution in [0.2, 0.25) is 0 Å². The van der Waals surface area contributed by atoms with Crippen LogP contribution < -0.4 is 15.2 Å². The van der Waals surface area contributed by atoms with Crippen LogP contribution in [0.5, 0.6) is 5.75 Å². The molecule has 0 radical (unpaired) electrons. The zero-order valence-electron chi connectivity index (χ0n) is 12.2. The fourth-order valence-corrected chi connectivity index (χ4v) is 4.95. The zero-order valence-corrected chi connectivity index (χ0v) is 13.8. The van der Waals surface area contributed by atoms with Crippen molar-refractivity contribution in [3.8, 4) is 5.75 Å². The van der Waals surface area contributed by atoms with Gasteiger partial charge >= 0.3 is 0 Å². The Morgan fingerprint density at radius 1 is 1.43 bits per heavy atom. The van der Waals surface area contributed by atoms with Crippen LogP contribution in [0.25, 0.3) is 0 Å². The minimum atomic E-state index is -3.58. The molecule has 0 aliphatic carbocycles. The van der Waals surface area contributed by atoms with Crippen molar-refractivity contribution < 1.29 is 13.2 Å². The van der Waals surface area contributed by atoms with E-state index in [0.29, 0.717) is 24.1 Å². The second kappa shape index (κ2) is 7.49. The number of rotatable bonds is 6. The van der Waals surface area contributed by atoms with Gasteiger partial charge in [0.1, 0.15) is 10.6 Å². The number of methoxy groups -OCH3 is 1. The van der Waals surface area contributed by atoms with E-state index < -0.39 is 10.0 Å². The molecular weight excluding hydrogens is 308 g/mol. The maximum atomic E-state index is 12.5. The average molecular weight is 330 g/mol. The molecule has 1 saturated heterocycles. The molecular formula is C14H22N2O3S2. The largest absolute Gasteiger partial charge is 0.495 e. The summed E-state index contributed by atoms with van der Waals surface area (Å²) in [4.78, 5) is 0.161. The third-order valence-corrected chi connectivity index (χ3v) is 6.37. The first-order valence-corrected chi connectivity index (χ1v) is 9.58.